The Morgan fingerprint density at radius 3 is 2.75 bits per heavy atom. The number of hydrogen-bond donors (Lipinski definition) is 0. The Hall–Kier alpha value is -1.49. The Labute approximate surface area is 72.6 Å². The summed E-state index contributed by atoms with van der Waals surface area (Å²) in [6, 6.07) is 5.68. The fourth-order valence-corrected chi connectivity index (χ4v) is 1.14. The molecular weight excluding hydrogens is 150 g/mol. The Morgan fingerprint density at radius 1 is 1.50 bits per heavy atom. The quantitative estimate of drug-likeness (QED) is 0.608. The molecular formula is C10H11NO. The van der Waals surface area contributed by atoms with E-state index in [1.807, 2.05) is 25.1 Å². The van der Waals surface area contributed by atoms with Crippen LogP contribution in [-0.4, -0.2) is 7.11 Å². The summed E-state index contributed by atoms with van der Waals surface area (Å²) >= 11 is 0. The van der Waals surface area contributed by atoms with Gasteiger partial charge >= 0.3 is 0 Å². The molecule has 0 bridgehead atoms. The maximum Gasteiger partial charge on any atom is 0.231 e. The maximum absolute atomic E-state index is 6.98. The molecule has 0 aliphatic rings. The van der Waals surface area contributed by atoms with Gasteiger partial charge in [0.2, 0.25) is 5.69 Å². The summed E-state index contributed by atoms with van der Waals surface area (Å²) < 4.78 is 5.06. The normalized spacial score (nSPS) is 9.08. The first-order valence-electron chi connectivity index (χ1n) is 3.86. The van der Waals surface area contributed by atoms with Gasteiger partial charge in [0.25, 0.3) is 0 Å². The van der Waals surface area contributed by atoms with Crippen molar-refractivity contribution in [2.45, 2.75) is 13.3 Å². The van der Waals surface area contributed by atoms with Crippen molar-refractivity contribution in [3.05, 3.63) is 35.2 Å². The number of methoxy groups -OCH3 is 1. The minimum Gasteiger partial charge on any atom is -0.508 e. The number of aryl methyl sites for hydroxylation is 1. The molecule has 1 aromatic carbocycles. The summed E-state index contributed by atoms with van der Waals surface area (Å²) in [4.78, 5) is 3.44. The van der Waals surface area contributed by atoms with Gasteiger partial charge in [0.15, 0.2) is 0 Å². The van der Waals surface area contributed by atoms with Crippen LogP contribution in [0.15, 0.2) is 18.2 Å². The number of hydrogen-bond acceptors (Lipinski definition) is 1. The summed E-state index contributed by atoms with van der Waals surface area (Å²) in [7, 11) is 1.59. The highest BCUT2D eigenvalue weighted by atomic mass is 16.5. The molecule has 0 aromatic heterocycles. The number of nitrogens with zero attached hydrogens (tertiary/aromatic N) is 1. The summed E-state index contributed by atoms with van der Waals surface area (Å²) in [6.07, 6.45) is 0.870. The van der Waals surface area contributed by atoms with Crippen molar-refractivity contribution in [3.63, 3.8) is 0 Å². The van der Waals surface area contributed by atoms with Crippen molar-refractivity contribution in [2.75, 3.05) is 7.11 Å². The molecule has 0 fully saturated rings. The van der Waals surface area contributed by atoms with Gasteiger partial charge in [-0.25, -0.2) is 4.85 Å². The van der Waals surface area contributed by atoms with Gasteiger partial charge in [-0.05, 0) is 18.1 Å². The van der Waals surface area contributed by atoms with Crippen molar-refractivity contribution in [2.24, 2.45) is 0 Å². The molecule has 0 amide bonds. The standard InChI is InChI=1S/C10H11NO/c1-4-8-6-5-7-9(12-3)10(8)11-2/h5-7H,4H2,1,3H3. The Balaban J connectivity index is 3.25. The van der Waals surface area contributed by atoms with Crippen molar-refractivity contribution in [3.8, 4) is 5.75 Å². The molecule has 0 unspecified atom stereocenters. The first-order valence-corrected chi connectivity index (χ1v) is 3.86. The highest BCUT2D eigenvalue weighted by molar-refractivity contribution is 5.62. The highest BCUT2D eigenvalue weighted by Gasteiger charge is 2.05. The summed E-state index contributed by atoms with van der Waals surface area (Å²) in [5.41, 5.74) is 1.69. The lowest BCUT2D eigenvalue weighted by Gasteiger charge is -2.05. The molecule has 0 aliphatic carbocycles. The SMILES string of the molecule is [C-]#[N+]c1c(CC)cccc1OC. The van der Waals surface area contributed by atoms with E-state index in [4.69, 9.17) is 11.3 Å². The Bertz CT molecular complexity index is 290. The van der Waals surface area contributed by atoms with Crippen molar-refractivity contribution < 1.29 is 4.74 Å². The van der Waals surface area contributed by atoms with E-state index in [9.17, 15) is 0 Å². The molecule has 0 spiro atoms. The van der Waals surface area contributed by atoms with Crippen LogP contribution in [0.5, 0.6) is 5.75 Å². The molecule has 2 heteroatoms. The zero-order valence-corrected chi connectivity index (χ0v) is 7.29. The van der Waals surface area contributed by atoms with Crippen LogP contribution < -0.4 is 4.74 Å². The highest BCUT2D eigenvalue weighted by Crippen LogP contribution is 2.31. The fraction of sp³-hybridized carbons (Fsp3) is 0.300. The zero-order chi connectivity index (χ0) is 8.97. The molecule has 0 atom stereocenters. The molecule has 0 heterocycles. The largest absolute Gasteiger partial charge is 0.508 e. The number of ether oxygens (including phenoxy) is 1. The molecule has 62 valence electrons. The number of para-hydroxylation sites is 1. The van der Waals surface area contributed by atoms with E-state index in [1.54, 1.807) is 7.11 Å². The van der Waals surface area contributed by atoms with Crippen LogP contribution in [0.1, 0.15) is 12.5 Å². The second kappa shape index (κ2) is 3.77. The van der Waals surface area contributed by atoms with Crippen molar-refractivity contribution in [1.82, 2.24) is 0 Å². The number of benzene rings is 1. The van der Waals surface area contributed by atoms with Gasteiger partial charge in [-0.2, -0.15) is 0 Å². The lowest BCUT2D eigenvalue weighted by atomic mass is 10.1. The molecule has 0 saturated carbocycles. The van der Waals surface area contributed by atoms with Crippen LogP contribution in [0, 0.1) is 6.57 Å². The van der Waals surface area contributed by atoms with Gasteiger partial charge in [0.05, 0.1) is 13.7 Å². The van der Waals surface area contributed by atoms with E-state index >= 15 is 0 Å². The van der Waals surface area contributed by atoms with Gasteiger partial charge in [-0.15, -0.1) is 0 Å². The lowest BCUT2D eigenvalue weighted by molar-refractivity contribution is 0.417. The van der Waals surface area contributed by atoms with Crippen LogP contribution in [-0.2, 0) is 6.42 Å². The summed E-state index contributed by atoms with van der Waals surface area (Å²) in [5.74, 6) is 0.671. The van der Waals surface area contributed by atoms with E-state index in [1.165, 1.54) is 0 Å². The lowest BCUT2D eigenvalue weighted by Crippen LogP contribution is -1.86. The van der Waals surface area contributed by atoms with Gasteiger partial charge < -0.3 is 4.74 Å². The molecule has 12 heavy (non-hydrogen) atoms. The first kappa shape index (κ1) is 8.61. The average molecular weight is 161 g/mol. The Morgan fingerprint density at radius 2 is 2.25 bits per heavy atom. The van der Waals surface area contributed by atoms with Crippen LogP contribution in [0.4, 0.5) is 5.69 Å². The predicted octanol–water partition coefficient (Wildman–Crippen LogP) is 2.81. The van der Waals surface area contributed by atoms with Crippen LogP contribution in [0.25, 0.3) is 4.85 Å². The summed E-state index contributed by atoms with van der Waals surface area (Å²) in [6.45, 7) is 9.01. The molecule has 1 aromatic rings. The van der Waals surface area contributed by atoms with Crippen molar-refractivity contribution in [1.29, 1.82) is 0 Å². The minimum absolute atomic E-state index is 0.641. The smallest absolute Gasteiger partial charge is 0.231 e. The van der Waals surface area contributed by atoms with Crippen LogP contribution in [0.3, 0.4) is 0 Å². The Kier molecular flexibility index (Phi) is 2.71. The van der Waals surface area contributed by atoms with E-state index in [2.05, 4.69) is 4.85 Å². The van der Waals surface area contributed by atoms with E-state index < -0.39 is 0 Å². The third-order valence-corrected chi connectivity index (χ3v) is 1.80. The van der Waals surface area contributed by atoms with Gasteiger partial charge in [-0.3, -0.25) is 0 Å². The zero-order valence-electron chi connectivity index (χ0n) is 7.29. The molecule has 2 nitrogen and oxygen atoms in total. The van der Waals surface area contributed by atoms with Gasteiger partial charge in [-0.1, -0.05) is 19.1 Å². The maximum atomic E-state index is 6.98. The van der Waals surface area contributed by atoms with Crippen LogP contribution >= 0.6 is 0 Å². The van der Waals surface area contributed by atoms with Crippen molar-refractivity contribution >= 4 is 5.69 Å². The second-order valence-electron chi connectivity index (χ2n) is 2.43. The molecule has 0 saturated heterocycles. The minimum atomic E-state index is 0.641. The third kappa shape index (κ3) is 1.40. The summed E-state index contributed by atoms with van der Waals surface area (Å²) in [5, 5.41) is 0. The molecule has 1 rings (SSSR count). The van der Waals surface area contributed by atoms with Gasteiger partial charge in [0, 0.05) is 0 Å². The van der Waals surface area contributed by atoms with E-state index in [0.717, 1.165) is 12.0 Å². The van der Waals surface area contributed by atoms with E-state index in [-0.39, 0.29) is 0 Å². The third-order valence-electron chi connectivity index (χ3n) is 1.80. The molecule has 0 aliphatic heterocycles. The van der Waals surface area contributed by atoms with E-state index in [0.29, 0.717) is 11.4 Å². The average Bonchev–Trinajstić information content (AvgIpc) is 2.16. The second-order valence-corrected chi connectivity index (χ2v) is 2.43. The van der Waals surface area contributed by atoms with Gasteiger partial charge in [0.1, 0.15) is 5.75 Å². The molecule has 0 radical (unpaired) electrons. The van der Waals surface area contributed by atoms with Crippen LogP contribution in [0.2, 0.25) is 0 Å². The first-order chi connectivity index (χ1) is 5.83. The molecule has 0 N–H and O–H groups in total. The topological polar surface area (TPSA) is 13.6 Å². The fourth-order valence-electron chi connectivity index (χ4n) is 1.14. The monoisotopic (exact) mass is 161 g/mol. The number of rotatable bonds is 2. The predicted molar refractivity (Wildman–Crippen MR) is 48.6 cm³/mol.